The van der Waals surface area contributed by atoms with E-state index in [9.17, 15) is 4.79 Å². The smallest absolute Gasteiger partial charge is 0.309 e. The SMILES string of the molecule is CCOC(=O)CC=Cc1cc(N)ccc1Cl. The van der Waals surface area contributed by atoms with Gasteiger partial charge in [0, 0.05) is 10.7 Å². The standard InChI is InChI=1S/C12H14ClNO2/c1-2-16-12(15)5-3-4-9-8-10(14)6-7-11(9)13/h3-4,6-8H,2,5,14H2,1H3. The van der Waals surface area contributed by atoms with Crippen molar-refractivity contribution in [1.82, 2.24) is 0 Å². The Hall–Kier alpha value is -1.48. The van der Waals surface area contributed by atoms with Crippen molar-refractivity contribution in [2.24, 2.45) is 0 Å². The summed E-state index contributed by atoms with van der Waals surface area (Å²) < 4.78 is 4.79. The Morgan fingerprint density at radius 3 is 3.00 bits per heavy atom. The van der Waals surface area contributed by atoms with Crippen molar-refractivity contribution < 1.29 is 9.53 Å². The highest BCUT2D eigenvalue weighted by atomic mass is 35.5. The third-order valence-corrected chi connectivity index (χ3v) is 2.25. The molecule has 0 aromatic heterocycles. The van der Waals surface area contributed by atoms with E-state index < -0.39 is 0 Å². The summed E-state index contributed by atoms with van der Waals surface area (Å²) in [5, 5.41) is 0.606. The van der Waals surface area contributed by atoms with Gasteiger partial charge in [-0.05, 0) is 30.7 Å². The van der Waals surface area contributed by atoms with Crippen molar-refractivity contribution in [2.75, 3.05) is 12.3 Å². The van der Waals surface area contributed by atoms with Crippen molar-refractivity contribution in [3.63, 3.8) is 0 Å². The van der Waals surface area contributed by atoms with Crippen LogP contribution < -0.4 is 5.73 Å². The number of nitrogens with two attached hydrogens (primary N) is 1. The number of carbonyl (C=O) groups is 1. The van der Waals surface area contributed by atoms with E-state index in [1.54, 1.807) is 37.3 Å². The number of hydrogen-bond donors (Lipinski definition) is 1. The van der Waals surface area contributed by atoms with Gasteiger partial charge in [0.05, 0.1) is 13.0 Å². The Labute approximate surface area is 99.8 Å². The number of anilines is 1. The zero-order chi connectivity index (χ0) is 12.0. The highest BCUT2D eigenvalue weighted by Crippen LogP contribution is 2.20. The van der Waals surface area contributed by atoms with Gasteiger partial charge in [0.1, 0.15) is 0 Å². The monoisotopic (exact) mass is 239 g/mol. The molecule has 0 bridgehead atoms. The summed E-state index contributed by atoms with van der Waals surface area (Å²) in [6.07, 6.45) is 3.70. The second kappa shape index (κ2) is 6.18. The van der Waals surface area contributed by atoms with E-state index in [0.717, 1.165) is 5.56 Å². The lowest BCUT2D eigenvalue weighted by molar-refractivity contribution is -0.142. The molecule has 0 amide bonds. The third-order valence-electron chi connectivity index (χ3n) is 1.91. The molecule has 0 aliphatic rings. The second-order valence-corrected chi connectivity index (χ2v) is 3.60. The average Bonchev–Trinajstić information content (AvgIpc) is 2.23. The molecule has 0 radical (unpaired) electrons. The summed E-state index contributed by atoms with van der Waals surface area (Å²) in [4.78, 5) is 11.1. The molecular weight excluding hydrogens is 226 g/mol. The van der Waals surface area contributed by atoms with E-state index in [0.29, 0.717) is 17.3 Å². The predicted molar refractivity (Wildman–Crippen MR) is 66.1 cm³/mol. The van der Waals surface area contributed by atoms with E-state index in [-0.39, 0.29) is 12.4 Å². The van der Waals surface area contributed by atoms with Gasteiger partial charge < -0.3 is 10.5 Å². The van der Waals surface area contributed by atoms with E-state index in [2.05, 4.69) is 0 Å². The Morgan fingerprint density at radius 2 is 2.31 bits per heavy atom. The first-order chi connectivity index (χ1) is 7.63. The molecule has 1 aromatic carbocycles. The molecular formula is C12H14ClNO2. The summed E-state index contributed by atoms with van der Waals surface area (Å²) in [5.74, 6) is -0.251. The summed E-state index contributed by atoms with van der Waals surface area (Å²) in [6.45, 7) is 2.17. The van der Waals surface area contributed by atoms with Gasteiger partial charge in [-0.3, -0.25) is 4.79 Å². The summed E-state index contributed by atoms with van der Waals surface area (Å²) in [5.41, 5.74) is 7.06. The first-order valence-corrected chi connectivity index (χ1v) is 5.38. The van der Waals surface area contributed by atoms with E-state index in [1.165, 1.54) is 0 Å². The van der Waals surface area contributed by atoms with Gasteiger partial charge in [0.25, 0.3) is 0 Å². The van der Waals surface area contributed by atoms with Crippen LogP contribution >= 0.6 is 11.6 Å². The van der Waals surface area contributed by atoms with Gasteiger partial charge in [0.15, 0.2) is 0 Å². The average molecular weight is 240 g/mol. The molecule has 3 nitrogen and oxygen atoms in total. The molecule has 0 saturated heterocycles. The van der Waals surface area contributed by atoms with E-state index >= 15 is 0 Å². The maximum absolute atomic E-state index is 11.1. The molecule has 1 rings (SSSR count). The Kier molecular flexibility index (Phi) is 4.86. The molecule has 0 fully saturated rings. The van der Waals surface area contributed by atoms with Crippen LogP contribution in [0, 0.1) is 0 Å². The van der Waals surface area contributed by atoms with Crippen molar-refractivity contribution >= 4 is 29.3 Å². The van der Waals surface area contributed by atoms with Gasteiger partial charge in [-0.25, -0.2) is 0 Å². The summed E-state index contributed by atoms with van der Waals surface area (Å²) in [6, 6.07) is 5.20. The molecule has 2 N–H and O–H groups in total. The van der Waals surface area contributed by atoms with Gasteiger partial charge in [-0.15, -0.1) is 0 Å². The third kappa shape index (κ3) is 3.95. The number of esters is 1. The lowest BCUT2D eigenvalue weighted by atomic mass is 10.2. The fraction of sp³-hybridized carbons (Fsp3) is 0.250. The number of ether oxygens (including phenoxy) is 1. The molecule has 4 heteroatoms. The van der Waals surface area contributed by atoms with Crippen LogP contribution in [-0.4, -0.2) is 12.6 Å². The second-order valence-electron chi connectivity index (χ2n) is 3.19. The zero-order valence-corrected chi connectivity index (χ0v) is 9.83. The highest BCUT2D eigenvalue weighted by molar-refractivity contribution is 6.32. The molecule has 0 aliphatic carbocycles. The van der Waals surface area contributed by atoms with Crippen molar-refractivity contribution in [3.05, 3.63) is 34.9 Å². The van der Waals surface area contributed by atoms with Crippen LogP contribution in [0.15, 0.2) is 24.3 Å². The van der Waals surface area contributed by atoms with Crippen LogP contribution in [0.1, 0.15) is 18.9 Å². The highest BCUT2D eigenvalue weighted by Gasteiger charge is 1.99. The number of benzene rings is 1. The van der Waals surface area contributed by atoms with Crippen LogP contribution in [0.2, 0.25) is 5.02 Å². The number of hydrogen-bond acceptors (Lipinski definition) is 3. The van der Waals surface area contributed by atoms with E-state index in [1.807, 2.05) is 0 Å². The Balaban J connectivity index is 2.62. The van der Waals surface area contributed by atoms with Crippen LogP contribution in [-0.2, 0) is 9.53 Å². The molecule has 86 valence electrons. The largest absolute Gasteiger partial charge is 0.466 e. The Bertz CT molecular complexity index is 402. The zero-order valence-electron chi connectivity index (χ0n) is 9.07. The number of rotatable bonds is 4. The molecule has 0 aliphatic heterocycles. The fourth-order valence-electron chi connectivity index (χ4n) is 1.19. The van der Waals surface area contributed by atoms with Gasteiger partial charge in [-0.2, -0.15) is 0 Å². The predicted octanol–water partition coefficient (Wildman–Crippen LogP) is 2.89. The van der Waals surface area contributed by atoms with E-state index in [4.69, 9.17) is 22.1 Å². The van der Waals surface area contributed by atoms with Gasteiger partial charge >= 0.3 is 5.97 Å². The maximum atomic E-state index is 11.1. The van der Waals surface area contributed by atoms with Crippen molar-refractivity contribution in [1.29, 1.82) is 0 Å². The van der Waals surface area contributed by atoms with Gasteiger partial charge in [-0.1, -0.05) is 23.8 Å². The maximum Gasteiger partial charge on any atom is 0.309 e. The van der Waals surface area contributed by atoms with Crippen LogP contribution in [0.5, 0.6) is 0 Å². The fourth-order valence-corrected chi connectivity index (χ4v) is 1.37. The summed E-state index contributed by atoms with van der Waals surface area (Å²) >= 11 is 5.95. The van der Waals surface area contributed by atoms with Crippen LogP contribution in [0.25, 0.3) is 6.08 Å². The lowest BCUT2D eigenvalue weighted by Crippen LogP contribution is -2.01. The number of halogens is 1. The van der Waals surface area contributed by atoms with Crippen LogP contribution in [0.4, 0.5) is 5.69 Å². The number of carbonyl (C=O) groups excluding carboxylic acids is 1. The molecule has 1 aromatic rings. The minimum absolute atomic E-state index is 0.235. The summed E-state index contributed by atoms with van der Waals surface area (Å²) in [7, 11) is 0. The lowest BCUT2D eigenvalue weighted by Gasteiger charge is -2.00. The van der Waals surface area contributed by atoms with Crippen molar-refractivity contribution in [2.45, 2.75) is 13.3 Å². The molecule has 0 atom stereocenters. The first-order valence-electron chi connectivity index (χ1n) is 5.00. The normalized spacial score (nSPS) is 10.6. The molecule has 0 heterocycles. The quantitative estimate of drug-likeness (QED) is 0.649. The van der Waals surface area contributed by atoms with Crippen molar-refractivity contribution in [3.8, 4) is 0 Å². The first kappa shape index (κ1) is 12.6. The molecule has 16 heavy (non-hydrogen) atoms. The Morgan fingerprint density at radius 1 is 1.56 bits per heavy atom. The van der Waals surface area contributed by atoms with Crippen LogP contribution in [0.3, 0.4) is 0 Å². The van der Waals surface area contributed by atoms with Gasteiger partial charge in [0.2, 0.25) is 0 Å². The number of nitrogen functional groups attached to an aromatic ring is 1. The minimum Gasteiger partial charge on any atom is -0.466 e. The molecule has 0 saturated carbocycles. The minimum atomic E-state index is -0.251. The molecule has 0 unspecified atom stereocenters. The topological polar surface area (TPSA) is 52.3 Å². The molecule has 0 spiro atoms.